The van der Waals surface area contributed by atoms with Crippen molar-refractivity contribution in [2.24, 2.45) is 7.05 Å². The molecule has 1 N–H and O–H groups in total. The minimum atomic E-state index is -0.184. The number of nitrogens with zero attached hydrogens (tertiary/aromatic N) is 4. The molecule has 3 fully saturated rings. The second-order valence-electron chi connectivity index (χ2n) is 7.47. The van der Waals surface area contributed by atoms with E-state index in [-0.39, 0.29) is 23.4 Å². The number of aryl methyl sites for hydroxylation is 1. The predicted octanol–water partition coefficient (Wildman–Crippen LogP) is 1.07. The van der Waals surface area contributed by atoms with Crippen molar-refractivity contribution in [2.75, 3.05) is 20.1 Å². The lowest BCUT2D eigenvalue weighted by molar-refractivity contribution is -0.130. The molecule has 2 aliphatic heterocycles. The van der Waals surface area contributed by atoms with Gasteiger partial charge < -0.3 is 15.1 Å². The average Bonchev–Trinajstić information content (AvgIpc) is 3.24. The van der Waals surface area contributed by atoms with Crippen molar-refractivity contribution < 1.29 is 9.59 Å². The number of aromatic nitrogens is 2. The molecular weight excluding hydrogens is 306 g/mol. The SMILES string of the molecule is CN1C(=O)C[C@H](c2cnn(C)c2)C12CCN(C(=O)NC1CC1)CC2. The number of urea groups is 1. The van der Waals surface area contributed by atoms with Gasteiger partial charge in [0.2, 0.25) is 5.91 Å². The molecule has 2 saturated heterocycles. The van der Waals surface area contributed by atoms with Crippen LogP contribution in [0.5, 0.6) is 0 Å². The van der Waals surface area contributed by atoms with Crippen LogP contribution in [-0.4, -0.2) is 63.2 Å². The number of hydrogen-bond acceptors (Lipinski definition) is 3. The van der Waals surface area contributed by atoms with Crippen LogP contribution in [0.2, 0.25) is 0 Å². The van der Waals surface area contributed by atoms with Crippen molar-refractivity contribution in [3.63, 3.8) is 0 Å². The maximum Gasteiger partial charge on any atom is 0.317 e. The molecule has 7 nitrogen and oxygen atoms in total. The number of likely N-dealkylation sites (tertiary alicyclic amines) is 2. The van der Waals surface area contributed by atoms with Gasteiger partial charge in [-0.3, -0.25) is 9.48 Å². The van der Waals surface area contributed by atoms with Crippen LogP contribution in [0, 0.1) is 0 Å². The fourth-order valence-corrected chi connectivity index (χ4v) is 4.31. The van der Waals surface area contributed by atoms with Gasteiger partial charge in [0.25, 0.3) is 0 Å². The van der Waals surface area contributed by atoms with Crippen molar-refractivity contribution in [3.05, 3.63) is 18.0 Å². The van der Waals surface area contributed by atoms with Gasteiger partial charge in [0, 0.05) is 51.8 Å². The lowest BCUT2D eigenvalue weighted by Crippen LogP contribution is -2.56. The van der Waals surface area contributed by atoms with Crippen LogP contribution in [0.25, 0.3) is 0 Å². The largest absolute Gasteiger partial charge is 0.339 e. The normalized spacial score (nSPS) is 26.2. The Morgan fingerprint density at radius 3 is 2.58 bits per heavy atom. The third-order valence-electron chi connectivity index (χ3n) is 6.02. The molecule has 1 saturated carbocycles. The number of hydrogen-bond donors (Lipinski definition) is 1. The van der Waals surface area contributed by atoms with Crippen LogP contribution >= 0.6 is 0 Å². The van der Waals surface area contributed by atoms with Crippen LogP contribution in [0.1, 0.15) is 43.6 Å². The highest BCUT2D eigenvalue weighted by molar-refractivity contribution is 5.81. The minimum absolute atomic E-state index is 0.0530. The molecule has 3 aliphatic rings. The third kappa shape index (κ3) is 2.46. The van der Waals surface area contributed by atoms with Crippen molar-refractivity contribution in [1.82, 2.24) is 24.9 Å². The van der Waals surface area contributed by atoms with Crippen molar-refractivity contribution >= 4 is 11.9 Å². The number of carbonyl (C=O) groups is 2. The molecule has 4 rings (SSSR count). The summed E-state index contributed by atoms with van der Waals surface area (Å²) in [6.45, 7) is 1.40. The quantitative estimate of drug-likeness (QED) is 0.881. The van der Waals surface area contributed by atoms with E-state index in [0.717, 1.165) is 31.2 Å². The first-order valence-corrected chi connectivity index (χ1v) is 8.80. The summed E-state index contributed by atoms with van der Waals surface area (Å²) in [6.07, 6.45) is 8.29. The Labute approximate surface area is 142 Å². The number of likely N-dealkylation sites (N-methyl/N-ethyl adjacent to an activating group) is 1. The van der Waals surface area contributed by atoms with Gasteiger partial charge in [-0.15, -0.1) is 0 Å². The van der Waals surface area contributed by atoms with Crippen molar-refractivity contribution in [2.45, 2.75) is 49.6 Å². The molecule has 24 heavy (non-hydrogen) atoms. The van der Waals surface area contributed by atoms with Crippen LogP contribution < -0.4 is 5.32 Å². The Kier molecular flexibility index (Phi) is 3.54. The Balaban J connectivity index is 1.51. The van der Waals surface area contributed by atoms with Crippen LogP contribution in [-0.2, 0) is 11.8 Å². The number of nitrogens with one attached hydrogen (secondary N) is 1. The molecule has 1 aliphatic carbocycles. The number of amides is 3. The van der Waals surface area contributed by atoms with Crippen LogP contribution in [0.4, 0.5) is 4.79 Å². The number of carbonyl (C=O) groups excluding carboxylic acids is 2. The highest BCUT2D eigenvalue weighted by Gasteiger charge is 2.53. The van der Waals surface area contributed by atoms with E-state index in [4.69, 9.17) is 0 Å². The Morgan fingerprint density at radius 1 is 1.29 bits per heavy atom. The fraction of sp³-hybridized carbons (Fsp3) is 0.706. The Hall–Kier alpha value is -2.05. The van der Waals surface area contributed by atoms with Gasteiger partial charge >= 0.3 is 6.03 Å². The summed E-state index contributed by atoms with van der Waals surface area (Å²) >= 11 is 0. The van der Waals surface area contributed by atoms with E-state index in [2.05, 4.69) is 10.4 Å². The topological polar surface area (TPSA) is 70.5 Å². The zero-order valence-electron chi connectivity index (χ0n) is 14.4. The molecule has 1 atom stereocenters. The van der Waals surface area contributed by atoms with Gasteiger partial charge in [-0.2, -0.15) is 5.10 Å². The lowest BCUT2D eigenvalue weighted by Gasteiger charge is -2.46. The highest BCUT2D eigenvalue weighted by Crippen LogP contribution is 2.48. The summed E-state index contributed by atoms with van der Waals surface area (Å²) in [5.74, 6) is 0.358. The maximum atomic E-state index is 12.4. The number of rotatable bonds is 2. The van der Waals surface area contributed by atoms with Crippen molar-refractivity contribution in [3.8, 4) is 0 Å². The fourth-order valence-electron chi connectivity index (χ4n) is 4.31. The highest BCUT2D eigenvalue weighted by atomic mass is 16.2. The third-order valence-corrected chi connectivity index (χ3v) is 6.02. The first kappa shape index (κ1) is 15.5. The van der Waals surface area contributed by atoms with E-state index < -0.39 is 0 Å². The molecular formula is C17H25N5O2. The standard InChI is InChI=1S/C17H25N5O2/c1-20-11-12(10-18-20)14-9-15(23)21(2)17(14)5-7-22(8-6-17)16(24)19-13-3-4-13/h10-11,13-14H,3-9H2,1-2H3,(H,19,24)/t14-/m1/s1. The molecule has 7 heteroatoms. The lowest BCUT2D eigenvalue weighted by atomic mass is 9.74. The van der Waals surface area contributed by atoms with E-state index >= 15 is 0 Å². The molecule has 3 amide bonds. The monoisotopic (exact) mass is 331 g/mol. The molecule has 1 spiro atoms. The van der Waals surface area contributed by atoms with E-state index in [1.54, 1.807) is 4.68 Å². The van der Waals surface area contributed by atoms with Gasteiger partial charge in [-0.25, -0.2) is 4.79 Å². The van der Waals surface area contributed by atoms with Crippen LogP contribution in [0.3, 0.4) is 0 Å². The second kappa shape index (κ2) is 5.50. The van der Waals surface area contributed by atoms with E-state index in [1.165, 1.54) is 0 Å². The molecule has 130 valence electrons. The zero-order valence-corrected chi connectivity index (χ0v) is 14.4. The van der Waals surface area contributed by atoms with E-state index in [1.807, 2.05) is 36.3 Å². The summed E-state index contributed by atoms with van der Waals surface area (Å²) in [5.41, 5.74) is 0.947. The van der Waals surface area contributed by atoms with Gasteiger partial charge in [0.15, 0.2) is 0 Å². The van der Waals surface area contributed by atoms with Gasteiger partial charge in [-0.05, 0) is 31.2 Å². The maximum absolute atomic E-state index is 12.4. The predicted molar refractivity (Wildman–Crippen MR) is 88.4 cm³/mol. The summed E-state index contributed by atoms with van der Waals surface area (Å²) in [6, 6.07) is 0.435. The molecule has 1 aromatic rings. The number of piperidine rings is 1. The zero-order chi connectivity index (χ0) is 16.9. The van der Waals surface area contributed by atoms with E-state index in [0.29, 0.717) is 25.6 Å². The summed E-state index contributed by atoms with van der Waals surface area (Å²) in [4.78, 5) is 28.5. The molecule has 0 aromatic carbocycles. The van der Waals surface area contributed by atoms with E-state index in [9.17, 15) is 9.59 Å². The smallest absolute Gasteiger partial charge is 0.317 e. The summed E-state index contributed by atoms with van der Waals surface area (Å²) in [7, 11) is 3.82. The van der Waals surface area contributed by atoms with Crippen LogP contribution in [0.15, 0.2) is 12.4 Å². The second-order valence-corrected chi connectivity index (χ2v) is 7.47. The molecule has 0 unspecified atom stereocenters. The molecule has 0 radical (unpaired) electrons. The molecule has 0 bridgehead atoms. The first-order valence-electron chi connectivity index (χ1n) is 8.80. The van der Waals surface area contributed by atoms with Crippen molar-refractivity contribution in [1.29, 1.82) is 0 Å². The minimum Gasteiger partial charge on any atom is -0.339 e. The van der Waals surface area contributed by atoms with Gasteiger partial charge in [-0.1, -0.05) is 0 Å². The molecule has 3 heterocycles. The average molecular weight is 331 g/mol. The summed E-state index contributed by atoms with van der Waals surface area (Å²) < 4.78 is 1.80. The molecule has 1 aromatic heterocycles. The Morgan fingerprint density at radius 2 is 2.00 bits per heavy atom. The first-order chi connectivity index (χ1) is 11.5. The van der Waals surface area contributed by atoms with Gasteiger partial charge in [0.1, 0.15) is 0 Å². The Bertz CT molecular complexity index is 658. The van der Waals surface area contributed by atoms with Gasteiger partial charge in [0.05, 0.1) is 11.7 Å². The summed E-state index contributed by atoms with van der Waals surface area (Å²) in [5, 5.41) is 7.35.